The molecule has 1 N–H and O–H groups in total. The zero-order valence-electron chi connectivity index (χ0n) is 16.3. The quantitative estimate of drug-likeness (QED) is 0.536. The molecule has 2 aromatic rings. The first-order valence-electron chi connectivity index (χ1n) is 8.60. The summed E-state index contributed by atoms with van der Waals surface area (Å²) in [6.07, 6.45) is 1.53. The van der Waals surface area contributed by atoms with Gasteiger partial charge in [-0.1, -0.05) is 48.8 Å². The van der Waals surface area contributed by atoms with E-state index in [0.717, 1.165) is 15.6 Å². The van der Waals surface area contributed by atoms with Gasteiger partial charge in [0.15, 0.2) is 6.61 Å². The smallest absolute Gasteiger partial charge is 0.277 e. The van der Waals surface area contributed by atoms with Gasteiger partial charge in [0.05, 0.1) is 13.3 Å². The van der Waals surface area contributed by atoms with E-state index in [2.05, 4.69) is 53.3 Å². The number of hydrogen-bond acceptors (Lipinski definition) is 4. The first-order chi connectivity index (χ1) is 12.7. The van der Waals surface area contributed by atoms with E-state index >= 15 is 0 Å². The van der Waals surface area contributed by atoms with Crippen LogP contribution >= 0.6 is 15.9 Å². The lowest BCUT2D eigenvalue weighted by molar-refractivity contribution is -0.123. The van der Waals surface area contributed by atoms with Crippen LogP contribution < -0.4 is 14.9 Å². The lowest BCUT2D eigenvalue weighted by atomic mass is 9.86. The Morgan fingerprint density at radius 2 is 1.89 bits per heavy atom. The highest BCUT2D eigenvalue weighted by molar-refractivity contribution is 9.10. The molecule has 2 aromatic carbocycles. The number of halogens is 1. The summed E-state index contributed by atoms with van der Waals surface area (Å²) in [7, 11) is 1.58. The second-order valence-corrected chi connectivity index (χ2v) is 8.11. The van der Waals surface area contributed by atoms with Crippen molar-refractivity contribution in [3.05, 3.63) is 57.6 Å². The molecule has 6 heteroatoms. The molecule has 27 heavy (non-hydrogen) atoms. The highest BCUT2D eigenvalue weighted by Gasteiger charge is 2.15. The van der Waals surface area contributed by atoms with E-state index in [4.69, 9.17) is 9.47 Å². The molecule has 0 spiro atoms. The molecule has 0 saturated heterocycles. The van der Waals surface area contributed by atoms with Crippen molar-refractivity contribution in [2.24, 2.45) is 5.10 Å². The van der Waals surface area contributed by atoms with Crippen molar-refractivity contribution in [2.75, 3.05) is 13.7 Å². The lowest BCUT2D eigenvalue weighted by Crippen LogP contribution is -2.24. The van der Waals surface area contributed by atoms with Crippen molar-refractivity contribution >= 4 is 28.1 Å². The van der Waals surface area contributed by atoms with E-state index in [1.54, 1.807) is 7.11 Å². The van der Waals surface area contributed by atoms with Crippen molar-refractivity contribution in [1.29, 1.82) is 0 Å². The standard InChI is InChI=1S/C21H25BrN2O3/c1-14-10-16(21(2,3)4)6-8-18(14)27-13-20(25)24-23-12-15-11-17(22)7-9-19(15)26-5/h6-12H,13H2,1-5H3,(H,24,25)/b23-12-. The number of aryl methyl sites for hydroxylation is 1. The summed E-state index contributed by atoms with van der Waals surface area (Å²) in [5.74, 6) is 1.03. The molecule has 0 aromatic heterocycles. The predicted molar refractivity (Wildman–Crippen MR) is 112 cm³/mol. The molecule has 144 valence electrons. The number of ether oxygens (including phenoxy) is 2. The van der Waals surface area contributed by atoms with Crippen LogP contribution in [0.25, 0.3) is 0 Å². The van der Waals surface area contributed by atoms with Crippen molar-refractivity contribution < 1.29 is 14.3 Å². The molecule has 0 aliphatic carbocycles. The van der Waals surface area contributed by atoms with Gasteiger partial charge in [-0.3, -0.25) is 4.79 Å². The number of hydrogen-bond donors (Lipinski definition) is 1. The molecular formula is C21H25BrN2O3. The maximum atomic E-state index is 12.0. The molecule has 0 heterocycles. The summed E-state index contributed by atoms with van der Waals surface area (Å²) in [6.45, 7) is 8.35. The van der Waals surface area contributed by atoms with Gasteiger partial charge in [0.2, 0.25) is 0 Å². The zero-order chi connectivity index (χ0) is 20.0. The Labute approximate surface area is 168 Å². The predicted octanol–water partition coefficient (Wildman–Crippen LogP) is 4.59. The third-order valence-corrected chi connectivity index (χ3v) is 4.48. The van der Waals surface area contributed by atoms with Crippen LogP contribution in [0.15, 0.2) is 46.0 Å². The number of carbonyl (C=O) groups is 1. The molecule has 0 fully saturated rings. The average molecular weight is 433 g/mol. The van der Waals surface area contributed by atoms with Crippen LogP contribution in [0.4, 0.5) is 0 Å². The van der Waals surface area contributed by atoms with Crippen molar-refractivity contribution in [2.45, 2.75) is 33.1 Å². The summed E-state index contributed by atoms with van der Waals surface area (Å²) in [5.41, 5.74) is 5.51. The number of carbonyl (C=O) groups excluding carboxylic acids is 1. The summed E-state index contributed by atoms with van der Waals surface area (Å²) < 4.78 is 11.8. The maximum Gasteiger partial charge on any atom is 0.277 e. The zero-order valence-corrected chi connectivity index (χ0v) is 17.9. The summed E-state index contributed by atoms with van der Waals surface area (Å²) in [5, 5.41) is 3.97. The van der Waals surface area contributed by atoms with Crippen LogP contribution in [-0.4, -0.2) is 25.8 Å². The molecular weight excluding hydrogens is 408 g/mol. The molecule has 1 amide bonds. The molecule has 0 radical (unpaired) electrons. The van der Waals surface area contributed by atoms with Crippen LogP contribution in [-0.2, 0) is 10.2 Å². The van der Waals surface area contributed by atoms with E-state index in [1.807, 2.05) is 37.3 Å². The molecule has 0 bridgehead atoms. The molecule has 0 saturated carbocycles. The van der Waals surface area contributed by atoms with E-state index in [9.17, 15) is 4.79 Å². The highest BCUT2D eigenvalue weighted by atomic mass is 79.9. The fraction of sp³-hybridized carbons (Fsp3) is 0.333. The molecule has 0 atom stereocenters. The van der Waals surface area contributed by atoms with Crippen LogP contribution in [0.3, 0.4) is 0 Å². The number of nitrogens with one attached hydrogen (secondary N) is 1. The number of nitrogens with zero attached hydrogens (tertiary/aromatic N) is 1. The number of amides is 1. The van der Waals surface area contributed by atoms with Crippen LogP contribution in [0.5, 0.6) is 11.5 Å². The Hall–Kier alpha value is -2.34. The van der Waals surface area contributed by atoms with Gasteiger partial charge < -0.3 is 9.47 Å². The molecule has 0 aliphatic rings. The minimum Gasteiger partial charge on any atom is -0.496 e. The first kappa shape index (κ1) is 21.0. The number of hydrazone groups is 1. The normalized spacial score (nSPS) is 11.5. The van der Waals surface area contributed by atoms with Crippen LogP contribution in [0.2, 0.25) is 0 Å². The van der Waals surface area contributed by atoms with Gasteiger partial charge in [0.25, 0.3) is 5.91 Å². The van der Waals surface area contributed by atoms with Gasteiger partial charge in [-0.25, -0.2) is 5.43 Å². The summed E-state index contributed by atoms with van der Waals surface area (Å²) in [6, 6.07) is 11.6. The molecule has 0 aliphatic heterocycles. The number of methoxy groups -OCH3 is 1. The Balaban J connectivity index is 1.93. The van der Waals surface area contributed by atoms with Gasteiger partial charge in [-0.2, -0.15) is 5.10 Å². The molecule has 2 rings (SSSR count). The Morgan fingerprint density at radius 3 is 2.52 bits per heavy atom. The van der Waals surface area contributed by atoms with Gasteiger partial charge in [-0.15, -0.1) is 0 Å². The van der Waals surface area contributed by atoms with E-state index in [0.29, 0.717) is 11.5 Å². The van der Waals surface area contributed by atoms with Crippen LogP contribution in [0.1, 0.15) is 37.5 Å². The fourth-order valence-corrected chi connectivity index (χ4v) is 2.81. The summed E-state index contributed by atoms with van der Waals surface area (Å²) in [4.78, 5) is 12.0. The molecule has 5 nitrogen and oxygen atoms in total. The van der Waals surface area contributed by atoms with Gasteiger partial charge in [0, 0.05) is 10.0 Å². The van der Waals surface area contributed by atoms with Crippen LogP contribution in [0, 0.1) is 6.92 Å². The highest BCUT2D eigenvalue weighted by Crippen LogP contribution is 2.27. The fourth-order valence-electron chi connectivity index (χ4n) is 2.43. The number of rotatable bonds is 6. The van der Waals surface area contributed by atoms with Crippen molar-refractivity contribution in [3.8, 4) is 11.5 Å². The third kappa shape index (κ3) is 6.10. The lowest BCUT2D eigenvalue weighted by Gasteiger charge is -2.20. The largest absolute Gasteiger partial charge is 0.496 e. The summed E-state index contributed by atoms with van der Waals surface area (Å²) >= 11 is 3.40. The Kier molecular flexibility index (Phi) is 7.02. The van der Waals surface area contributed by atoms with Crippen molar-refractivity contribution in [3.63, 3.8) is 0 Å². The SMILES string of the molecule is COc1ccc(Br)cc1/C=N\NC(=O)COc1ccc(C(C)(C)C)cc1C. The maximum absolute atomic E-state index is 12.0. The minimum absolute atomic E-state index is 0.0723. The average Bonchev–Trinajstić information content (AvgIpc) is 2.60. The third-order valence-electron chi connectivity index (χ3n) is 3.98. The number of benzene rings is 2. The Morgan fingerprint density at radius 1 is 1.19 bits per heavy atom. The second kappa shape index (κ2) is 9.04. The topological polar surface area (TPSA) is 59.9 Å². The second-order valence-electron chi connectivity index (χ2n) is 7.20. The van der Waals surface area contributed by atoms with E-state index in [-0.39, 0.29) is 17.9 Å². The minimum atomic E-state index is -0.334. The monoisotopic (exact) mass is 432 g/mol. The first-order valence-corrected chi connectivity index (χ1v) is 9.39. The van der Waals surface area contributed by atoms with E-state index in [1.165, 1.54) is 11.8 Å². The molecule has 0 unspecified atom stereocenters. The van der Waals surface area contributed by atoms with Gasteiger partial charge in [-0.05, 0) is 47.7 Å². The van der Waals surface area contributed by atoms with Crippen molar-refractivity contribution in [1.82, 2.24) is 5.43 Å². The Bertz CT molecular complexity index is 842. The van der Waals surface area contributed by atoms with Gasteiger partial charge >= 0.3 is 0 Å². The van der Waals surface area contributed by atoms with E-state index < -0.39 is 0 Å². The van der Waals surface area contributed by atoms with Gasteiger partial charge in [0.1, 0.15) is 11.5 Å².